The lowest BCUT2D eigenvalue weighted by atomic mass is 10.2. The van der Waals surface area contributed by atoms with Crippen molar-refractivity contribution in [1.82, 2.24) is 5.43 Å². The van der Waals surface area contributed by atoms with Crippen LogP contribution < -0.4 is 5.43 Å². The van der Waals surface area contributed by atoms with Gasteiger partial charge in [-0.3, -0.25) is 4.79 Å². The molecule has 1 amide bonds. The van der Waals surface area contributed by atoms with Gasteiger partial charge in [-0.25, -0.2) is 5.43 Å². The summed E-state index contributed by atoms with van der Waals surface area (Å²) in [6.07, 6.45) is 1.50. The monoisotopic (exact) mass is 396 g/mol. The highest BCUT2D eigenvalue weighted by Crippen LogP contribution is 2.32. The van der Waals surface area contributed by atoms with Gasteiger partial charge in [0.25, 0.3) is 5.91 Å². The summed E-state index contributed by atoms with van der Waals surface area (Å²) in [4.78, 5) is 11.7. The summed E-state index contributed by atoms with van der Waals surface area (Å²) in [6.45, 7) is 0. The van der Waals surface area contributed by atoms with Gasteiger partial charge in [0.1, 0.15) is 5.75 Å². The van der Waals surface area contributed by atoms with Gasteiger partial charge in [-0.2, -0.15) is 5.10 Å². The quantitative estimate of drug-likeness (QED) is 0.612. The molecule has 0 aromatic heterocycles. The van der Waals surface area contributed by atoms with Crippen LogP contribution in [0.5, 0.6) is 5.75 Å². The summed E-state index contributed by atoms with van der Waals surface area (Å²) in [6, 6.07) is 12.2. The van der Waals surface area contributed by atoms with Crippen LogP contribution in [0.3, 0.4) is 0 Å². The highest BCUT2D eigenvalue weighted by molar-refractivity contribution is 9.11. The van der Waals surface area contributed by atoms with Gasteiger partial charge in [-0.1, -0.05) is 18.2 Å². The summed E-state index contributed by atoms with van der Waals surface area (Å²) < 4.78 is 1.09. The molecule has 4 nitrogen and oxygen atoms in total. The van der Waals surface area contributed by atoms with Crippen LogP contribution in [-0.4, -0.2) is 17.2 Å². The largest absolute Gasteiger partial charge is 0.506 e. The molecule has 0 aliphatic heterocycles. The molecule has 2 rings (SSSR count). The molecule has 0 radical (unpaired) electrons. The molecule has 0 aliphatic rings. The van der Waals surface area contributed by atoms with Gasteiger partial charge in [0, 0.05) is 5.56 Å². The number of phenols is 1. The van der Waals surface area contributed by atoms with Gasteiger partial charge in [0.15, 0.2) is 0 Å². The number of benzene rings is 2. The minimum atomic E-state index is -0.279. The Hall–Kier alpha value is -1.66. The maximum atomic E-state index is 11.7. The average molecular weight is 398 g/mol. The van der Waals surface area contributed by atoms with Gasteiger partial charge in [0.05, 0.1) is 15.2 Å². The number of hydrazone groups is 1. The van der Waals surface area contributed by atoms with Crippen molar-refractivity contribution in [1.29, 1.82) is 0 Å². The van der Waals surface area contributed by atoms with E-state index in [9.17, 15) is 9.90 Å². The lowest BCUT2D eigenvalue weighted by Gasteiger charge is -2.02. The van der Waals surface area contributed by atoms with Crippen LogP contribution in [0.2, 0.25) is 0 Å². The molecule has 0 spiro atoms. The van der Waals surface area contributed by atoms with E-state index < -0.39 is 0 Å². The van der Waals surface area contributed by atoms with Crippen molar-refractivity contribution in [2.75, 3.05) is 0 Å². The van der Waals surface area contributed by atoms with E-state index in [-0.39, 0.29) is 11.7 Å². The van der Waals surface area contributed by atoms with E-state index in [0.29, 0.717) is 14.5 Å². The standard InChI is InChI=1S/C14H10Br2N2O2/c15-11-6-9(7-12(16)13(11)19)8-17-18-14(20)10-4-2-1-3-5-10/h1-8,19H,(H,18,20)/b17-8-. The molecule has 102 valence electrons. The van der Waals surface area contributed by atoms with Crippen LogP contribution in [0.4, 0.5) is 0 Å². The highest BCUT2D eigenvalue weighted by Gasteiger charge is 2.05. The number of phenolic OH excluding ortho intramolecular Hbond substituents is 1. The van der Waals surface area contributed by atoms with Gasteiger partial charge in [-0.15, -0.1) is 0 Å². The molecule has 6 heteroatoms. The lowest BCUT2D eigenvalue weighted by Crippen LogP contribution is -2.17. The van der Waals surface area contributed by atoms with Crippen molar-refractivity contribution in [3.05, 3.63) is 62.5 Å². The second-order valence-corrected chi connectivity index (χ2v) is 5.61. The number of amides is 1. The molecular weight excluding hydrogens is 388 g/mol. The molecule has 0 aliphatic carbocycles. The van der Waals surface area contributed by atoms with Crippen LogP contribution in [-0.2, 0) is 0 Å². The first-order chi connectivity index (χ1) is 9.58. The van der Waals surface area contributed by atoms with Gasteiger partial charge in [0.2, 0.25) is 0 Å². The minimum Gasteiger partial charge on any atom is -0.506 e. The molecule has 2 aromatic carbocycles. The fourth-order valence-electron chi connectivity index (χ4n) is 1.48. The smallest absolute Gasteiger partial charge is 0.271 e. The molecule has 0 fully saturated rings. The molecule has 0 bridgehead atoms. The minimum absolute atomic E-state index is 0.121. The van der Waals surface area contributed by atoms with E-state index in [1.165, 1.54) is 6.21 Å². The van der Waals surface area contributed by atoms with E-state index in [2.05, 4.69) is 42.4 Å². The van der Waals surface area contributed by atoms with Crippen molar-refractivity contribution in [3.63, 3.8) is 0 Å². The molecule has 0 atom stereocenters. The van der Waals surface area contributed by atoms with Gasteiger partial charge in [-0.05, 0) is 61.7 Å². The van der Waals surface area contributed by atoms with Crippen LogP contribution >= 0.6 is 31.9 Å². The third kappa shape index (κ3) is 3.68. The maximum absolute atomic E-state index is 11.7. The van der Waals surface area contributed by atoms with E-state index >= 15 is 0 Å². The summed E-state index contributed by atoms with van der Waals surface area (Å²) in [5.41, 5.74) is 3.71. The van der Waals surface area contributed by atoms with Crippen LogP contribution in [0, 0.1) is 0 Å². The Morgan fingerprint density at radius 3 is 2.35 bits per heavy atom. The van der Waals surface area contributed by atoms with Crippen LogP contribution in [0.15, 0.2) is 56.5 Å². The summed E-state index contributed by atoms with van der Waals surface area (Å²) in [5, 5.41) is 13.5. The predicted molar refractivity (Wildman–Crippen MR) is 85.0 cm³/mol. The SMILES string of the molecule is O=C(N/N=C\c1cc(Br)c(O)c(Br)c1)c1ccccc1. The first-order valence-corrected chi connectivity index (χ1v) is 7.23. The number of carbonyl (C=O) groups excluding carboxylic acids is 1. The molecule has 0 saturated carbocycles. The number of nitrogens with zero attached hydrogens (tertiary/aromatic N) is 1. The molecule has 0 heterocycles. The molecule has 0 saturated heterocycles. The Bertz CT molecular complexity index is 634. The van der Waals surface area contributed by atoms with E-state index in [1.807, 2.05) is 6.07 Å². The Labute approximate surface area is 132 Å². The average Bonchev–Trinajstić information content (AvgIpc) is 2.45. The Morgan fingerprint density at radius 1 is 1.15 bits per heavy atom. The molecule has 2 aromatic rings. The van der Waals surface area contributed by atoms with E-state index in [0.717, 1.165) is 5.56 Å². The number of hydrogen-bond acceptors (Lipinski definition) is 3. The Morgan fingerprint density at radius 2 is 1.75 bits per heavy atom. The van der Waals surface area contributed by atoms with Crippen LogP contribution in [0.1, 0.15) is 15.9 Å². The summed E-state index contributed by atoms with van der Waals surface area (Å²) in [5.74, 6) is -0.158. The normalized spacial score (nSPS) is 10.7. The zero-order valence-electron chi connectivity index (χ0n) is 10.2. The third-order valence-electron chi connectivity index (χ3n) is 2.45. The third-order valence-corrected chi connectivity index (χ3v) is 3.66. The highest BCUT2D eigenvalue weighted by atomic mass is 79.9. The second kappa shape index (κ2) is 6.67. The fraction of sp³-hybridized carbons (Fsp3) is 0. The molecule has 2 N–H and O–H groups in total. The van der Waals surface area contributed by atoms with Crippen molar-refractivity contribution in [2.24, 2.45) is 5.10 Å². The fourth-order valence-corrected chi connectivity index (χ4v) is 2.70. The Kier molecular flexibility index (Phi) is 4.92. The first kappa shape index (κ1) is 14.7. The maximum Gasteiger partial charge on any atom is 0.271 e. The summed E-state index contributed by atoms with van der Waals surface area (Å²) in [7, 11) is 0. The zero-order valence-corrected chi connectivity index (χ0v) is 13.3. The molecule has 20 heavy (non-hydrogen) atoms. The number of halogens is 2. The number of carbonyl (C=O) groups is 1. The second-order valence-electron chi connectivity index (χ2n) is 3.90. The lowest BCUT2D eigenvalue weighted by molar-refractivity contribution is 0.0955. The first-order valence-electron chi connectivity index (χ1n) is 5.64. The molecule has 0 unspecified atom stereocenters. The van der Waals surface area contributed by atoms with Crippen LogP contribution in [0.25, 0.3) is 0 Å². The molecular formula is C14H10Br2N2O2. The van der Waals surface area contributed by atoms with Gasteiger partial charge < -0.3 is 5.11 Å². The van der Waals surface area contributed by atoms with Crippen molar-refractivity contribution >= 4 is 44.0 Å². The number of aromatic hydroxyl groups is 1. The van der Waals surface area contributed by atoms with Crippen molar-refractivity contribution in [3.8, 4) is 5.75 Å². The van der Waals surface area contributed by atoms with Gasteiger partial charge >= 0.3 is 0 Å². The Balaban J connectivity index is 2.06. The van der Waals surface area contributed by atoms with E-state index in [1.54, 1.807) is 36.4 Å². The number of rotatable bonds is 3. The summed E-state index contributed by atoms with van der Waals surface area (Å²) >= 11 is 6.45. The van der Waals surface area contributed by atoms with Crippen molar-refractivity contribution in [2.45, 2.75) is 0 Å². The topological polar surface area (TPSA) is 61.7 Å². The predicted octanol–water partition coefficient (Wildman–Crippen LogP) is 3.68. The zero-order chi connectivity index (χ0) is 14.5. The van der Waals surface area contributed by atoms with E-state index in [4.69, 9.17) is 0 Å². The number of nitrogens with one attached hydrogen (secondary N) is 1. The van der Waals surface area contributed by atoms with Crippen molar-refractivity contribution < 1.29 is 9.90 Å². The number of hydrogen-bond donors (Lipinski definition) is 2.